The summed E-state index contributed by atoms with van der Waals surface area (Å²) in [5.74, 6) is 0.322. The van der Waals surface area contributed by atoms with E-state index in [1.807, 2.05) is 12.1 Å². The van der Waals surface area contributed by atoms with E-state index in [1.165, 1.54) is 6.92 Å². The maximum absolute atomic E-state index is 12.2. The minimum Gasteiger partial charge on any atom is -0.497 e. The first-order valence-corrected chi connectivity index (χ1v) is 7.19. The zero-order chi connectivity index (χ0) is 16.7. The van der Waals surface area contributed by atoms with Gasteiger partial charge in [-0.05, 0) is 29.8 Å². The standard InChI is InChI=1S/C17H19N3O3/c1-12(21)19-16(13-5-7-15(23-2)8-6-13)10-17(22)20-14-4-3-9-18-11-14/h3-9,11,16H,10H2,1-2H3,(H,19,21)(H,20,22). The second kappa shape index (κ2) is 7.93. The highest BCUT2D eigenvalue weighted by Gasteiger charge is 2.17. The van der Waals surface area contributed by atoms with Gasteiger partial charge < -0.3 is 15.4 Å². The highest BCUT2D eigenvalue weighted by molar-refractivity contribution is 5.91. The average molecular weight is 313 g/mol. The molecule has 2 N–H and O–H groups in total. The van der Waals surface area contributed by atoms with Crippen LogP contribution >= 0.6 is 0 Å². The molecule has 0 saturated heterocycles. The van der Waals surface area contributed by atoms with Gasteiger partial charge in [0.15, 0.2) is 0 Å². The van der Waals surface area contributed by atoms with Gasteiger partial charge in [-0.2, -0.15) is 0 Å². The number of carbonyl (C=O) groups is 2. The summed E-state index contributed by atoms with van der Waals surface area (Å²) in [6.07, 6.45) is 3.33. The third-order valence-electron chi connectivity index (χ3n) is 3.23. The molecule has 2 aromatic rings. The molecule has 0 bridgehead atoms. The molecule has 1 unspecified atom stereocenters. The zero-order valence-corrected chi connectivity index (χ0v) is 13.1. The number of pyridine rings is 1. The zero-order valence-electron chi connectivity index (χ0n) is 13.1. The van der Waals surface area contributed by atoms with Gasteiger partial charge in [0.1, 0.15) is 5.75 Å². The quantitative estimate of drug-likeness (QED) is 0.857. The number of carbonyl (C=O) groups excluding carboxylic acids is 2. The van der Waals surface area contributed by atoms with Crippen LogP contribution in [-0.2, 0) is 9.59 Å². The van der Waals surface area contributed by atoms with E-state index in [0.29, 0.717) is 5.69 Å². The van der Waals surface area contributed by atoms with Crippen LogP contribution in [0.1, 0.15) is 24.9 Å². The Morgan fingerprint density at radius 3 is 2.52 bits per heavy atom. The molecule has 0 saturated carbocycles. The molecule has 1 aromatic heterocycles. The summed E-state index contributed by atoms with van der Waals surface area (Å²) in [7, 11) is 1.58. The molecule has 0 radical (unpaired) electrons. The summed E-state index contributed by atoms with van der Waals surface area (Å²) in [5.41, 5.74) is 1.45. The van der Waals surface area contributed by atoms with Crippen LogP contribution in [0.2, 0.25) is 0 Å². The van der Waals surface area contributed by atoms with E-state index in [0.717, 1.165) is 11.3 Å². The van der Waals surface area contributed by atoms with Gasteiger partial charge in [0.05, 0.1) is 31.5 Å². The Kier molecular flexibility index (Phi) is 5.68. The summed E-state index contributed by atoms with van der Waals surface area (Å²) >= 11 is 0. The number of benzene rings is 1. The maximum atomic E-state index is 12.2. The molecule has 2 rings (SSSR count). The Morgan fingerprint density at radius 1 is 1.22 bits per heavy atom. The maximum Gasteiger partial charge on any atom is 0.226 e. The highest BCUT2D eigenvalue weighted by Crippen LogP contribution is 2.21. The minimum absolute atomic E-state index is 0.126. The summed E-state index contributed by atoms with van der Waals surface area (Å²) in [5, 5.41) is 5.55. The Morgan fingerprint density at radius 2 is 1.96 bits per heavy atom. The lowest BCUT2D eigenvalue weighted by Gasteiger charge is -2.18. The van der Waals surface area contributed by atoms with Crippen molar-refractivity contribution in [2.75, 3.05) is 12.4 Å². The number of nitrogens with zero attached hydrogens (tertiary/aromatic N) is 1. The molecular formula is C17H19N3O3. The van der Waals surface area contributed by atoms with E-state index in [9.17, 15) is 9.59 Å². The Bertz CT molecular complexity index is 657. The second-order valence-electron chi connectivity index (χ2n) is 5.02. The molecule has 120 valence electrons. The third-order valence-corrected chi connectivity index (χ3v) is 3.23. The first-order chi connectivity index (χ1) is 11.1. The second-order valence-corrected chi connectivity index (χ2v) is 5.02. The molecule has 1 aromatic carbocycles. The number of hydrogen-bond donors (Lipinski definition) is 2. The van der Waals surface area contributed by atoms with Gasteiger partial charge in [-0.1, -0.05) is 12.1 Å². The van der Waals surface area contributed by atoms with E-state index >= 15 is 0 Å². The number of amides is 2. The van der Waals surface area contributed by atoms with Crippen LogP contribution in [0.25, 0.3) is 0 Å². The molecule has 0 spiro atoms. The molecule has 2 amide bonds. The van der Waals surface area contributed by atoms with Crippen molar-refractivity contribution in [1.29, 1.82) is 0 Å². The lowest BCUT2D eigenvalue weighted by molar-refractivity contribution is -0.120. The molecular weight excluding hydrogens is 294 g/mol. The van der Waals surface area contributed by atoms with Crippen LogP contribution in [0, 0.1) is 0 Å². The Hall–Kier alpha value is -2.89. The monoisotopic (exact) mass is 313 g/mol. The van der Waals surface area contributed by atoms with E-state index in [4.69, 9.17) is 4.74 Å². The predicted octanol–water partition coefficient (Wildman–Crippen LogP) is 2.30. The summed E-state index contributed by atoms with van der Waals surface area (Å²) in [4.78, 5) is 27.5. The molecule has 1 atom stereocenters. The van der Waals surface area contributed by atoms with Crippen LogP contribution in [0.3, 0.4) is 0 Å². The van der Waals surface area contributed by atoms with Crippen molar-refractivity contribution in [3.05, 3.63) is 54.4 Å². The van der Waals surface area contributed by atoms with Crippen molar-refractivity contribution < 1.29 is 14.3 Å². The molecule has 0 aliphatic heterocycles. The summed E-state index contributed by atoms with van der Waals surface area (Å²) in [6.45, 7) is 1.43. The van der Waals surface area contributed by atoms with E-state index in [-0.39, 0.29) is 18.2 Å². The van der Waals surface area contributed by atoms with Crippen LogP contribution in [0.15, 0.2) is 48.8 Å². The smallest absolute Gasteiger partial charge is 0.226 e. The first-order valence-electron chi connectivity index (χ1n) is 7.19. The fraction of sp³-hybridized carbons (Fsp3) is 0.235. The average Bonchev–Trinajstić information content (AvgIpc) is 2.55. The van der Waals surface area contributed by atoms with E-state index in [2.05, 4.69) is 15.6 Å². The molecule has 6 heteroatoms. The largest absolute Gasteiger partial charge is 0.497 e. The molecule has 6 nitrogen and oxygen atoms in total. The minimum atomic E-state index is -0.407. The predicted molar refractivity (Wildman–Crippen MR) is 87.0 cm³/mol. The number of nitrogens with one attached hydrogen (secondary N) is 2. The van der Waals surface area contributed by atoms with Gasteiger partial charge in [-0.15, -0.1) is 0 Å². The highest BCUT2D eigenvalue weighted by atomic mass is 16.5. The first kappa shape index (κ1) is 16.5. The molecule has 0 aliphatic carbocycles. The van der Waals surface area contributed by atoms with Crippen molar-refractivity contribution in [3.8, 4) is 5.75 Å². The summed E-state index contributed by atoms with van der Waals surface area (Å²) < 4.78 is 5.12. The molecule has 0 aliphatic rings. The van der Waals surface area contributed by atoms with Crippen molar-refractivity contribution >= 4 is 17.5 Å². The van der Waals surface area contributed by atoms with Crippen LogP contribution in [0.5, 0.6) is 5.75 Å². The summed E-state index contributed by atoms with van der Waals surface area (Å²) in [6, 6.07) is 10.3. The molecule has 1 heterocycles. The fourth-order valence-corrected chi connectivity index (χ4v) is 2.17. The third kappa shape index (κ3) is 5.10. The van der Waals surface area contributed by atoms with Gasteiger partial charge in [-0.3, -0.25) is 14.6 Å². The molecule has 0 fully saturated rings. The van der Waals surface area contributed by atoms with E-state index < -0.39 is 6.04 Å². The van der Waals surface area contributed by atoms with Gasteiger partial charge in [0, 0.05) is 13.1 Å². The van der Waals surface area contributed by atoms with E-state index in [1.54, 1.807) is 43.8 Å². The Labute approximate surface area is 134 Å². The number of methoxy groups -OCH3 is 1. The number of ether oxygens (including phenoxy) is 1. The van der Waals surface area contributed by atoms with Gasteiger partial charge >= 0.3 is 0 Å². The fourth-order valence-electron chi connectivity index (χ4n) is 2.17. The van der Waals surface area contributed by atoms with Crippen molar-refractivity contribution in [3.63, 3.8) is 0 Å². The number of rotatable bonds is 6. The number of anilines is 1. The number of aromatic nitrogens is 1. The van der Waals surface area contributed by atoms with Crippen LogP contribution < -0.4 is 15.4 Å². The SMILES string of the molecule is COc1ccc(C(CC(=O)Nc2cccnc2)NC(C)=O)cc1. The lowest BCUT2D eigenvalue weighted by atomic mass is 10.0. The lowest BCUT2D eigenvalue weighted by Crippen LogP contribution is -2.29. The van der Waals surface area contributed by atoms with Crippen molar-refractivity contribution in [1.82, 2.24) is 10.3 Å². The topological polar surface area (TPSA) is 80.3 Å². The van der Waals surface area contributed by atoms with Crippen LogP contribution in [-0.4, -0.2) is 23.9 Å². The number of hydrogen-bond acceptors (Lipinski definition) is 4. The molecule has 23 heavy (non-hydrogen) atoms. The van der Waals surface area contributed by atoms with Crippen LogP contribution in [0.4, 0.5) is 5.69 Å². The van der Waals surface area contributed by atoms with Gasteiger partial charge in [0.25, 0.3) is 0 Å². The van der Waals surface area contributed by atoms with Crippen molar-refractivity contribution in [2.24, 2.45) is 0 Å². The van der Waals surface area contributed by atoms with Crippen molar-refractivity contribution in [2.45, 2.75) is 19.4 Å². The normalized spacial score (nSPS) is 11.4. The Balaban J connectivity index is 2.08. The van der Waals surface area contributed by atoms with Gasteiger partial charge in [-0.25, -0.2) is 0 Å². The van der Waals surface area contributed by atoms with Gasteiger partial charge in [0.2, 0.25) is 11.8 Å².